The van der Waals surface area contributed by atoms with Gasteiger partial charge in [0.1, 0.15) is 0 Å². The summed E-state index contributed by atoms with van der Waals surface area (Å²) in [5.41, 5.74) is 0. The van der Waals surface area contributed by atoms with Gasteiger partial charge in [-0.2, -0.15) is 0 Å². The van der Waals surface area contributed by atoms with E-state index in [0.717, 1.165) is 25.3 Å². The molecule has 3 heteroatoms. The smallest absolute Gasteiger partial charge is 0.241 e. The molecule has 0 spiro atoms. The van der Waals surface area contributed by atoms with E-state index in [4.69, 9.17) is 0 Å². The van der Waals surface area contributed by atoms with Crippen LogP contribution in [0.3, 0.4) is 0 Å². The number of nitrogens with zero attached hydrogens (tertiary/aromatic N) is 1. The van der Waals surface area contributed by atoms with Gasteiger partial charge in [-0.25, -0.2) is 0 Å². The van der Waals surface area contributed by atoms with Crippen molar-refractivity contribution in [3.8, 4) is 0 Å². The van der Waals surface area contributed by atoms with E-state index in [-0.39, 0.29) is 6.04 Å². The van der Waals surface area contributed by atoms with Crippen LogP contribution in [0.1, 0.15) is 52.9 Å². The van der Waals surface area contributed by atoms with E-state index in [1.165, 1.54) is 19.3 Å². The lowest BCUT2D eigenvalue weighted by molar-refractivity contribution is -0.131. The molecule has 1 saturated heterocycles. The lowest BCUT2D eigenvalue weighted by atomic mass is 9.85. The van der Waals surface area contributed by atoms with Crippen LogP contribution in [0.2, 0.25) is 0 Å². The Morgan fingerprint density at radius 1 is 1.41 bits per heavy atom. The van der Waals surface area contributed by atoms with E-state index >= 15 is 0 Å². The Hall–Kier alpha value is -0.570. The minimum atomic E-state index is 0.0478. The van der Waals surface area contributed by atoms with Crippen LogP contribution >= 0.6 is 0 Å². The predicted octanol–water partition coefficient (Wildman–Crippen LogP) is 2.37. The Morgan fingerprint density at radius 3 is 2.59 bits per heavy atom. The largest absolute Gasteiger partial charge is 0.326 e. The van der Waals surface area contributed by atoms with Gasteiger partial charge >= 0.3 is 0 Å². The maximum absolute atomic E-state index is 12.4. The summed E-state index contributed by atoms with van der Waals surface area (Å²) in [6, 6.07) is 0.0478. The maximum Gasteiger partial charge on any atom is 0.241 e. The van der Waals surface area contributed by atoms with Crippen molar-refractivity contribution in [2.24, 2.45) is 11.8 Å². The van der Waals surface area contributed by atoms with Crippen molar-refractivity contribution >= 4 is 5.91 Å². The van der Waals surface area contributed by atoms with E-state index in [1.807, 2.05) is 0 Å². The van der Waals surface area contributed by atoms with Gasteiger partial charge in [0.05, 0.1) is 12.2 Å². The van der Waals surface area contributed by atoms with Gasteiger partial charge < -0.3 is 4.90 Å². The Morgan fingerprint density at radius 2 is 2.12 bits per heavy atom. The summed E-state index contributed by atoms with van der Waals surface area (Å²) in [5, 5.41) is 3.52. The summed E-state index contributed by atoms with van der Waals surface area (Å²) < 4.78 is 0. The highest BCUT2D eigenvalue weighted by atomic mass is 16.2. The van der Waals surface area contributed by atoms with Crippen LogP contribution in [-0.2, 0) is 4.79 Å². The third-order valence-electron chi connectivity index (χ3n) is 4.21. The van der Waals surface area contributed by atoms with E-state index in [0.29, 0.717) is 18.0 Å². The predicted molar refractivity (Wildman–Crippen MR) is 69.5 cm³/mol. The van der Waals surface area contributed by atoms with Gasteiger partial charge in [0.25, 0.3) is 0 Å². The van der Waals surface area contributed by atoms with E-state index in [9.17, 15) is 4.79 Å². The topological polar surface area (TPSA) is 32.3 Å². The average molecular weight is 238 g/mol. The van der Waals surface area contributed by atoms with Gasteiger partial charge in [-0.1, -0.05) is 33.6 Å². The number of hydrogen-bond donors (Lipinski definition) is 1. The lowest BCUT2D eigenvalue weighted by Gasteiger charge is -2.33. The maximum atomic E-state index is 12.4. The van der Waals surface area contributed by atoms with Gasteiger partial charge in [0.15, 0.2) is 0 Å². The van der Waals surface area contributed by atoms with Crippen molar-refractivity contribution in [2.75, 3.05) is 6.54 Å². The molecule has 1 amide bonds. The molecule has 0 bridgehead atoms. The molecule has 1 heterocycles. The Labute approximate surface area is 105 Å². The van der Waals surface area contributed by atoms with Crippen molar-refractivity contribution in [3.63, 3.8) is 0 Å². The van der Waals surface area contributed by atoms with E-state index in [2.05, 4.69) is 31.0 Å². The van der Waals surface area contributed by atoms with Gasteiger partial charge in [-0.05, 0) is 31.1 Å². The summed E-state index contributed by atoms with van der Waals surface area (Å²) in [5.74, 6) is 1.50. The lowest BCUT2D eigenvalue weighted by Crippen LogP contribution is -2.41. The fourth-order valence-corrected chi connectivity index (χ4v) is 2.86. The monoisotopic (exact) mass is 238 g/mol. The molecule has 1 N–H and O–H groups in total. The van der Waals surface area contributed by atoms with Gasteiger partial charge in [-0.3, -0.25) is 10.1 Å². The summed E-state index contributed by atoms with van der Waals surface area (Å²) >= 11 is 0. The number of hydrogen-bond acceptors (Lipinski definition) is 2. The molecule has 2 fully saturated rings. The molecule has 2 rings (SSSR count). The fraction of sp³-hybridized carbons (Fsp3) is 0.929. The zero-order valence-electron chi connectivity index (χ0n) is 11.4. The molecule has 0 aromatic carbocycles. The van der Waals surface area contributed by atoms with Crippen LogP contribution in [0.15, 0.2) is 0 Å². The fourth-order valence-electron chi connectivity index (χ4n) is 2.86. The highest BCUT2D eigenvalue weighted by molar-refractivity contribution is 5.84. The summed E-state index contributed by atoms with van der Waals surface area (Å²) in [6.07, 6.45) is 6.50. The van der Waals surface area contributed by atoms with Crippen molar-refractivity contribution in [3.05, 3.63) is 0 Å². The van der Waals surface area contributed by atoms with E-state index < -0.39 is 0 Å². The van der Waals surface area contributed by atoms with Gasteiger partial charge in [0.2, 0.25) is 5.91 Å². The van der Waals surface area contributed by atoms with Gasteiger partial charge in [0, 0.05) is 6.54 Å². The summed E-state index contributed by atoms with van der Waals surface area (Å²) in [4.78, 5) is 14.5. The minimum Gasteiger partial charge on any atom is -0.326 e. The molecular weight excluding hydrogens is 212 g/mol. The molecule has 0 aromatic heterocycles. The van der Waals surface area contributed by atoms with Crippen LogP contribution < -0.4 is 5.32 Å². The SMILES string of the molecule is CCCC1NC(C(C)C)C(=O)N1CC1CCC1. The number of amides is 1. The summed E-state index contributed by atoms with van der Waals surface area (Å²) in [6.45, 7) is 7.44. The first-order valence-corrected chi connectivity index (χ1v) is 7.20. The number of rotatable bonds is 5. The van der Waals surface area contributed by atoms with Crippen LogP contribution in [-0.4, -0.2) is 29.6 Å². The zero-order chi connectivity index (χ0) is 12.4. The quantitative estimate of drug-likeness (QED) is 0.797. The number of nitrogens with one attached hydrogen (secondary N) is 1. The Bertz CT molecular complexity index is 273. The highest BCUT2D eigenvalue weighted by Crippen LogP contribution is 2.30. The molecule has 1 aliphatic carbocycles. The first kappa shape index (κ1) is 12.9. The first-order valence-electron chi connectivity index (χ1n) is 7.20. The van der Waals surface area contributed by atoms with Crippen LogP contribution in [0.5, 0.6) is 0 Å². The normalized spacial score (nSPS) is 30.1. The van der Waals surface area contributed by atoms with Crippen molar-refractivity contribution in [2.45, 2.75) is 65.1 Å². The minimum absolute atomic E-state index is 0.0478. The van der Waals surface area contributed by atoms with Crippen LogP contribution in [0.4, 0.5) is 0 Å². The standard InChI is InChI=1S/C14H26N2O/c1-4-6-12-15-13(10(2)3)14(17)16(12)9-11-7-5-8-11/h10-13,15H,4-9H2,1-3H3. The van der Waals surface area contributed by atoms with Crippen molar-refractivity contribution in [1.29, 1.82) is 0 Å². The second-order valence-corrected chi connectivity index (χ2v) is 5.98. The van der Waals surface area contributed by atoms with Crippen LogP contribution in [0.25, 0.3) is 0 Å². The molecule has 1 aliphatic heterocycles. The molecule has 0 aromatic rings. The van der Waals surface area contributed by atoms with Crippen molar-refractivity contribution in [1.82, 2.24) is 10.2 Å². The Kier molecular flexibility index (Phi) is 4.08. The second kappa shape index (κ2) is 5.38. The van der Waals surface area contributed by atoms with E-state index in [1.54, 1.807) is 0 Å². The van der Waals surface area contributed by atoms with Gasteiger partial charge in [-0.15, -0.1) is 0 Å². The molecular formula is C14H26N2O. The van der Waals surface area contributed by atoms with Crippen molar-refractivity contribution < 1.29 is 4.79 Å². The molecule has 1 saturated carbocycles. The molecule has 2 aliphatic rings. The van der Waals surface area contributed by atoms with Crippen LogP contribution in [0, 0.1) is 11.8 Å². The third kappa shape index (κ3) is 2.65. The molecule has 2 unspecified atom stereocenters. The Balaban J connectivity index is 2.00. The average Bonchev–Trinajstić information content (AvgIpc) is 2.51. The molecule has 3 nitrogen and oxygen atoms in total. The highest BCUT2D eigenvalue weighted by Gasteiger charge is 2.40. The molecule has 98 valence electrons. The summed E-state index contributed by atoms with van der Waals surface area (Å²) in [7, 11) is 0. The molecule has 17 heavy (non-hydrogen) atoms. The molecule has 2 atom stereocenters. The first-order chi connectivity index (χ1) is 8.13. The number of carbonyl (C=O) groups excluding carboxylic acids is 1. The second-order valence-electron chi connectivity index (χ2n) is 5.98. The number of carbonyl (C=O) groups is 1. The molecule has 0 radical (unpaired) electrons. The zero-order valence-corrected chi connectivity index (χ0v) is 11.4. The third-order valence-corrected chi connectivity index (χ3v) is 4.21.